The van der Waals surface area contributed by atoms with Crippen LogP contribution in [-0.4, -0.2) is 6.18 Å². The van der Waals surface area contributed by atoms with Crippen LogP contribution in [0.15, 0.2) is 36.4 Å². The van der Waals surface area contributed by atoms with E-state index in [4.69, 9.17) is 0 Å². The van der Waals surface area contributed by atoms with Gasteiger partial charge in [-0.2, -0.15) is 13.2 Å². The fourth-order valence-electron chi connectivity index (χ4n) is 3.01. The Bertz CT molecular complexity index is 654. The molecule has 1 aliphatic rings. The SMILES string of the molecule is Cc1ccc2c(c1CCC(F)(F)F)Cc1ccccc1-2. The van der Waals surface area contributed by atoms with Crippen LogP contribution in [0.25, 0.3) is 11.1 Å². The molecule has 1 aliphatic carbocycles. The van der Waals surface area contributed by atoms with Gasteiger partial charge in [0.25, 0.3) is 0 Å². The summed E-state index contributed by atoms with van der Waals surface area (Å²) in [5, 5.41) is 0. The highest BCUT2D eigenvalue weighted by Gasteiger charge is 2.29. The molecule has 2 aromatic carbocycles. The van der Waals surface area contributed by atoms with E-state index in [1.165, 1.54) is 5.56 Å². The lowest BCUT2D eigenvalue weighted by atomic mass is 9.93. The van der Waals surface area contributed by atoms with Gasteiger partial charge in [0.05, 0.1) is 0 Å². The number of rotatable bonds is 2. The molecule has 0 aliphatic heterocycles. The number of benzene rings is 2. The van der Waals surface area contributed by atoms with Gasteiger partial charge in [-0.3, -0.25) is 0 Å². The highest BCUT2D eigenvalue weighted by molar-refractivity contribution is 5.78. The van der Waals surface area contributed by atoms with Gasteiger partial charge in [0.1, 0.15) is 0 Å². The molecule has 0 spiro atoms. The number of hydrogen-bond donors (Lipinski definition) is 0. The van der Waals surface area contributed by atoms with Gasteiger partial charge < -0.3 is 0 Å². The van der Waals surface area contributed by atoms with Gasteiger partial charge in [0.2, 0.25) is 0 Å². The van der Waals surface area contributed by atoms with Crippen LogP contribution < -0.4 is 0 Å². The van der Waals surface area contributed by atoms with Crippen LogP contribution >= 0.6 is 0 Å². The van der Waals surface area contributed by atoms with Gasteiger partial charge in [0, 0.05) is 6.42 Å². The average Bonchev–Trinajstić information content (AvgIpc) is 2.75. The largest absolute Gasteiger partial charge is 0.389 e. The number of alkyl halides is 3. The second-order valence-corrected chi connectivity index (χ2v) is 5.34. The summed E-state index contributed by atoms with van der Waals surface area (Å²) in [5.74, 6) is 0. The molecule has 0 unspecified atom stereocenters. The molecule has 0 N–H and O–H groups in total. The van der Waals surface area contributed by atoms with E-state index in [-0.39, 0.29) is 6.42 Å². The Labute approximate surface area is 116 Å². The summed E-state index contributed by atoms with van der Waals surface area (Å²) >= 11 is 0. The molecule has 3 rings (SSSR count). The van der Waals surface area contributed by atoms with Gasteiger partial charge in [-0.25, -0.2) is 0 Å². The van der Waals surface area contributed by atoms with Crippen molar-refractivity contribution in [3.8, 4) is 11.1 Å². The van der Waals surface area contributed by atoms with E-state index in [1.807, 2.05) is 37.3 Å². The Kier molecular flexibility index (Phi) is 3.08. The van der Waals surface area contributed by atoms with Crippen molar-refractivity contribution in [3.05, 3.63) is 58.7 Å². The second-order valence-electron chi connectivity index (χ2n) is 5.34. The molecule has 104 valence electrons. The molecule has 0 fully saturated rings. The molecule has 0 heterocycles. The molecule has 0 atom stereocenters. The maximum Gasteiger partial charge on any atom is 0.389 e. The maximum atomic E-state index is 12.5. The first-order chi connectivity index (χ1) is 9.46. The first kappa shape index (κ1) is 13.2. The predicted octanol–water partition coefficient (Wildman–Crippen LogP) is 5.06. The number of fused-ring (bicyclic) bond motifs is 3. The van der Waals surface area contributed by atoms with Crippen LogP contribution in [-0.2, 0) is 12.8 Å². The van der Waals surface area contributed by atoms with Crippen molar-refractivity contribution in [2.75, 3.05) is 0 Å². The highest BCUT2D eigenvalue weighted by Crippen LogP contribution is 2.40. The zero-order chi connectivity index (χ0) is 14.3. The van der Waals surface area contributed by atoms with Crippen LogP contribution in [0.4, 0.5) is 13.2 Å². The third-order valence-corrected chi connectivity index (χ3v) is 4.00. The predicted molar refractivity (Wildman–Crippen MR) is 73.8 cm³/mol. The van der Waals surface area contributed by atoms with Crippen molar-refractivity contribution in [2.24, 2.45) is 0 Å². The monoisotopic (exact) mass is 276 g/mol. The molecule has 3 heteroatoms. The van der Waals surface area contributed by atoms with Crippen molar-refractivity contribution >= 4 is 0 Å². The fraction of sp³-hybridized carbons (Fsp3) is 0.294. The van der Waals surface area contributed by atoms with Crippen LogP contribution in [0.5, 0.6) is 0 Å². The standard InChI is InChI=1S/C17H15F3/c1-11-6-7-15-14-5-3-2-4-12(14)10-16(15)13(11)8-9-17(18,19)20/h2-7H,8-10H2,1H3. The summed E-state index contributed by atoms with van der Waals surface area (Å²) in [6, 6.07) is 12.0. The second kappa shape index (κ2) is 4.65. The summed E-state index contributed by atoms with van der Waals surface area (Å²) < 4.78 is 37.5. The molecule has 0 saturated carbocycles. The van der Waals surface area contributed by atoms with Crippen molar-refractivity contribution in [3.63, 3.8) is 0 Å². The van der Waals surface area contributed by atoms with Crippen molar-refractivity contribution in [1.82, 2.24) is 0 Å². The molecule has 0 nitrogen and oxygen atoms in total. The van der Waals surface area contributed by atoms with Crippen molar-refractivity contribution < 1.29 is 13.2 Å². The van der Waals surface area contributed by atoms with Crippen LogP contribution in [0, 0.1) is 6.92 Å². The molecule has 0 amide bonds. The smallest absolute Gasteiger partial charge is 0.171 e. The third-order valence-electron chi connectivity index (χ3n) is 4.00. The van der Waals surface area contributed by atoms with Crippen LogP contribution in [0.2, 0.25) is 0 Å². The topological polar surface area (TPSA) is 0 Å². The molecular weight excluding hydrogens is 261 g/mol. The highest BCUT2D eigenvalue weighted by atomic mass is 19.4. The molecule has 20 heavy (non-hydrogen) atoms. The Balaban J connectivity index is 2.01. The number of aryl methyl sites for hydroxylation is 1. The molecular formula is C17H15F3. The molecule has 0 bridgehead atoms. The molecule has 0 saturated heterocycles. The van der Waals surface area contributed by atoms with Gasteiger partial charge >= 0.3 is 6.18 Å². The van der Waals surface area contributed by atoms with Crippen LogP contribution in [0.1, 0.15) is 28.7 Å². The number of halogens is 3. The van der Waals surface area contributed by atoms with E-state index in [1.54, 1.807) is 0 Å². The van der Waals surface area contributed by atoms with E-state index in [9.17, 15) is 13.2 Å². The summed E-state index contributed by atoms with van der Waals surface area (Å²) in [5.41, 5.74) is 6.38. The summed E-state index contributed by atoms with van der Waals surface area (Å²) in [4.78, 5) is 0. The van der Waals surface area contributed by atoms with Gasteiger partial charge in [0.15, 0.2) is 0 Å². The van der Waals surface area contributed by atoms with Gasteiger partial charge in [-0.05, 0) is 53.1 Å². The maximum absolute atomic E-state index is 12.5. The van der Waals surface area contributed by atoms with E-state index in [2.05, 4.69) is 6.07 Å². The lowest BCUT2D eigenvalue weighted by Gasteiger charge is -2.13. The quantitative estimate of drug-likeness (QED) is 0.613. The summed E-state index contributed by atoms with van der Waals surface area (Å²) in [6.07, 6.45) is -4.02. The Morgan fingerprint density at radius 2 is 1.75 bits per heavy atom. The zero-order valence-electron chi connectivity index (χ0n) is 11.2. The first-order valence-corrected chi connectivity index (χ1v) is 6.72. The summed E-state index contributed by atoms with van der Waals surface area (Å²) in [7, 11) is 0. The van der Waals surface area contributed by atoms with E-state index in [0.717, 1.165) is 34.2 Å². The van der Waals surface area contributed by atoms with E-state index < -0.39 is 12.6 Å². The fourth-order valence-corrected chi connectivity index (χ4v) is 3.01. The molecule has 2 aromatic rings. The lowest BCUT2D eigenvalue weighted by Crippen LogP contribution is -2.10. The average molecular weight is 276 g/mol. The summed E-state index contributed by atoms with van der Waals surface area (Å²) in [6.45, 7) is 1.90. The minimum absolute atomic E-state index is 0.0759. The first-order valence-electron chi connectivity index (χ1n) is 6.72. The van der Waals surface area contributed by atoms with Crippen molar-refractivity contribution in [1.29, 1.82) is 0 Å². The normalized spacial score (nSPS) is 13.2. The van der Waals surface area contributed by atoms with Gasteiger partial charge in [-0.1, -0.05) is 36.4 Å². The third kappa shape index (κ3) is 2.33. The lowest BCUT2D eigenvalue weighted by molar-refractivity contribution is -0.134. The Morgan fingerprint density at radius 1 is 1.00 bits per heavy atom. The number of hydrogen-bond acceptors (Lipinski definition) is 0. The van der Waals surface area contributed by atoms with Gasteiger partial charge in [-0.15, -0.1) is 0 Å². The van der Waals surface area contributed by atoms with Crippen molar-refractivity contribution in [2.45, 2.75) is 32.4 Å². The Hall–Kier alpha value is -1.77. The van der Waals surface area contributed by atoms with Crippen LogP contribution in [0.3, 0.4) is 0 Å². The Morgan fingerprint density at radius 3 is 2.50 bits per heavy atom. The minimum Gasteiger partial charge on any atom is -0.171 e. The minimum atomic E-state index is -4.10. The molecule has 0 aromatic heterocycles. The molecule has 0 radical (unpaired) electrons. The zero-order valence-corrected chi connectivity index (χ0v) is 11.2. The van der Waals surface area contributed by atoms with E-state index >= 15 is 0 Å². The van der Waals surface area contributed by atoms with E-state index in [0.29, 0.717) is 0 Å².